The molecule has 4 aromatic heterocycles. The number of fused-ring (bicyclic) bond motifs is 1. The van der Waals surface area contributed by atoms with Crippen LogP contribution in [0.25, 0.3) is 22.8 Å². The van der Waals surface area contributed by atoms with Gasteiger partial charge in [0.1, 0.15) is 5.52 Å². The average Bonchev–Trinajstić information content (AvgIpc) is 3.48. The molecule has 39 heavy (non-hydrogen) atoms. The van der Waals surface area contributed by atoms with Crippen LogP contribution in [-0.4, -0.2) is 45.7 Å². The molecule has 0 saturated heterocycles. The summed E-state index contributed by atoms with van der Waals surface area (Å²) in [7, 11) is 0. The van der Waals surface area contributed by atoms with Crippen molar-refractivity contribution in [2.45, 2.75) is 84.3 Å². The molecule has 6 rings (SSSR count). The summed E-state index contributed by atoms with van der Waals surface area (Å²) < 4.78 is 7.04. The Hall–Kier alpha value is -3.83. The Balaban J connectivity index is 1.45. The summed E-state index contributed by atoms with van der Waals surface area (Å²) in [4.78, 5) is 38.8. The normalized spacial score (nSPS) is 21.4. The van der Waals surface area contributed by atoms with E-state index in [9.17, 15) is 4.79 Å². The number of nitrogens with zero attached hydrogens (tertiary/aromatic N) is 7. The SMILES string of the molecule is CC1CCC(Cn2c(NC(C)c3cnccn3)nc3nc(-c4nc(=O)o[nH]4)nc(N[C@H](C)C4CCC4)c32)CC1. The molecule has 0 amide bonds. The molecule has 0 bridgehead atoms. The Kier molecular flexibility index (Phi) is 7.01. The van der Waals surface area contributed by atoms with Crippen molar-refractivity contribution in [3.8, 4) is 11.6 Å². The summed E-state index contributed by atoms with van der Waals surface area (Å²) in [5, 5.41) is 9.78. The van der Waals surface area contributed by atoms with Gasteiger partial charge in [-0.25, -0.2) is 14.8 Å². The monoisotopic (exact) mass is 532 g/mol. The van der Waals surface area contributed by atoms with Crippen LogP contribution in [0.2, 0.25) is 0 Å². The molecule has 12 nitrogen and oxygen atoms in total. The van der Waals surface area contributed by atoms with Crippen LogP contribution in [-0.2, 0) is 6.54 Å². The maximum absolute atomic E-state index is 11.7. The lowest BCUT2D eigenvalue weighted by molar-refractivity contribution is 0.267. The number of hydrogen-bond acceptors (Lipinski definition) is 10. The second-order valence-corrected chi connectivity index (χ2v) is 11.3. The quantitative estimate of drug-likeness (QED) is 0.280. The fourth-order valence-corrected chi connectivity index (χ4v) is 5.70. The third kappa shape index (κ3) is 5.37. The minimum Gasteiger partial charge on any atom is -0.365 e. The lowest BCUT2D eigenvalue weighted by Crippen LogP contribution is -2.31. The largest absolute Gasteiger partial charge is 0.460 e. The van der Waals surface area contributed by atoms with Crippen LogP contribution >= 0.6 is 0 Å². The molecule has 2 saturated carbocycles. The van der Waals surface area contributed by atoms with Crippen LogP contribution in [0, 0.1) is 17.8 Å². The van der Waals surface area contributed by atoms with Crippen molar-refractivity contribution >= 4 is 22.9 Å². The Labute approximate surface area is 226 Å². The van der Waals surface area contributed by atoms with Crippen LogP contribution in [0.5, 0.6) is 0 Å². The standard InChI is InChI=1S/C27H36N10O2/c1-15-7-9-18(10-8-15)14-37-21-22(30-16(2)19-5-4-6-19)32-24(25-35-27(38)39-36-25)33-23(21)34-26(37)31-17(3)20-13-28-11-12-29-20/h11-13,15-19H,4-10,14H2,1-3H3,(H,35,36,38)(H2,30,31,32,33,34)/t15?,16-,17?,18?/m1/s1. The van der Waals surface area contributed by atoms with Crippen LogP contribution in [0.15, 0.2) is 27.9 Å². The summed E-state index contributed by atoms with van der Waals surface area (Å²) in [6.07, 6.45) is 13.6. The molecule has 4 heterocycles. The van der Waals surface area contributed by atoms with Gasteiger partial charge in [-0.2, -0.15) is 10.1 Å². The topological polar surface area (TPSA) is 152 Å². The fraction of sp³-hybridized carbons (Fsp3) is 0.593. The van der Waals surface area contributed by atoms with Crippen molar-refractivity contribution in [1.82, 2.24) is 39.6 Å². The molecule has 0 spiro atoms. The van der Waals surface area contributed by atoms with E-state index in [1.807, 2.05) is 6.92 Å². The fourth-order valence-electron chi connectivity index (χ4n) is 5.70. The van der Waals surface area contributed by atoms with Crippen molar-refractivity contribution < 1.29 is 4.52 Å². The predicted octanol–water partition coefficient (Wildman–Crippen LogP) is 4.56. The van der Waals surface area contributed by atoms with Crippen LogP contribution in [0.4, 0.5) is 11.8 Å². The number of nitrogens with one attached hydrogen (secondary N) is 3. The van der Waals surface area contributed by atoms with Gasteiger partial charge in [-0.05, 0) is 57.3 Å². The van der Waals surface area contributed by atoms with Crippen molar-refractivity contribution in [2.24, 2.45) is 17.8 Å². The van der Waals surface area contributed by atoms with Crippen molar-refractivity contribution in [1.29, 1.82) is 0 Å². The van der Waals surface area contributed by atoms with Gasteiger partial charge in [-0.3, -0.25) is 9.97 Å². The lowest BCUT2D eigenvalue weighted by atomic mass is 9.80. The first kappa shape index (κ1) is 25.4. The van der Waals surface area contributed by atoms with Crippen molar-refractivity contribution in [2.75, 3.05) is 10.6 Å². The predicted molar refractivity (Wildman–Crippen MR) is 147 cm³/mol. The van der Waals surface area contributed by atoms with Gasteiger partial charge in [0, 0.05) is 25.0 Å². The summed E-state index contributed by atoms with van der Waals surface area (Å²) >= 11 is 0. The van der Waals surface area contributed by atoms with Crippen molar-refractivity contribution in [3.63, 3.8) is 0 Å². The van der Waals surface area contributed by atoms with E-state index in [0.29, 0.717) is 29.2 Å². The molecule has 4 aromatic rings. The molecule has 0 radical (unpaired) electrons. The molecular formula is C27H36N10O2. The van der Waals surface area contributed by atoms with E-state index in [4.69, 9.17) is 19.5 Å². The maximum atomic E-state index is 11.7. The molecule has 2 aliphatic rings. The van der Waals surface area contributed by atoms with Crippen LogP contribution in [0.1, 0.15) is 77.5 Å². The summed E-state index contributed by atoms with van der Waals surface area (Å²) in [6, 6.07) is 0.111. The van der Waals surface area contributed by atoms with Gasteiger partial charge >= 0.3 is 5.76 Å². The molecule has 1 unspecified atom stereocenters. The highest BCUT2D eigenvalue weighted by molar-refractivity contribution is 5.87. The Morgan fingerprint density at radius 3 is 2.54 bits per heavy atom. The first-order chi connectivity index (χ1) is 18.9. The van der Waals surface area contributed by atoms with Gasteiger partial charge in [-0.1, -0.05) is 26.2 Å². The maximum Gasteiger partial charge on any atom is 0.460 e. The third-order valence-electron chi connectivity index (χ3n) is 8.42. The Bertz CT molecular complexity index is 1470. The summed E-state index contributed by atoms with van der Waals surface area (Å²) in [6.45, 7) is 7.40. The number of aromatic amines is 1. The number of H-pyrrole nitrogens is 1. The second kappa shape index (κ2) is 10.7. The van der Waals surface area contributed by atoms with Gasteiger partial charge in [-0.15, -0.1) is 4.98 Å². The van der Waals surface area contributed by atoms with Crippen molar-refractivity contribution in [3.05, 3.63) is 34.8 Å². The minimum atomic E-state index is -0.719. The number of rotatable bonds is 9. The summed E-state index contributed by atoms with van der Waals surface area (Å²) in [5.41, 5.74) is 2.21. The van der Waals surface area contributed by atoms with E-state index in [-0.39, 0.29) is 23.7 Å². The first-order valence-corrected chi connectivity index (χ1v) is 14.1. The van der Waals surface area contributed by atoms with E-state index in [1.54, 1.807) is 18.6 Å². The third-order valence-corrected chi connectivity index (χ3v) is 8.42. The highest BCUT2D eigenvalue weighted by atomic mass is 16.5. The molecule has 2 atom stereocenters. The molecule has 12 heteroatoms. The minimum absolute atomic E-state index is 0.120. The number of anilines is 2. The van der Waals surface area contributed by atoms with Gasteiger partial charge < -0.3 is 19.7 Å². The molecular weight excluding hydrogens is 496 g/mol. The van der Waals surface area contributed by atoms with E-state index in [2.05, 4.69) is 49.2 Å². The van der Waals surface area contributed by atoms with Gasteiger partial charge in [0.15, 0.2) is 11.5 Å². The van der Waals surface area contributed by atoms with E-state index in [1.165, 1.54) is 44.9 Å². The van der Waals surface area contributed by atoms with E-state index >= 15 is 0 Å². The zero-order valence-electron chi connectivity index (χ0n) is 22.7. The zero-order chi connectivity index (χ0) is 26.9. The molecule has 206 valence electrons. The number of hydrogen-bond donors (Lipinski definition) is 3. The molecule has 2 fully saturated rings. The second-order valence-electron chi connectivity index (χ2n) is 11.3. The van der Waals surface area contributed by atoms with Crippen LogP contribution in [0.3, 0.4) is 0 Å². The first-order valence-electron chi connectivity index (χ1n) is 14.1. The highest BCUT2D eigenvalue weighted by Crippen LogP contribution is 2.36. The van der Waals surface area contributed by atoms with Crippen LogP contribution < -0.4 is 16.4 Å². The number of aromatic nitrogens is 8. The molecule has 2 aliphatic carbocycles. The highest BCUT2D eigenvalue weighted by Gasteiger charge is 2.29. The van der Waals surface area contributed by atoms with E-state index in [0.717, 1.165) is 23.7 Å². The molecule has 0 aromatic carbocycles. The number of imidazole rings is 1. The molecule has 3 N–H and O–H groups in total. The lowest BCUT2D eigenvalue weighted by Gasteiger charge is -2.32. The Morgan fingerprint density at radius 2 is 1.87 bits per heavy atom. The smallest absolute Gasteiger partial charge is 0.365 e. The Morgan fingerprint density at radius 1 is 1.05 bits per heavy atom. The van der Waals surface area contributed by atoms with Gasteiger partial charge in [0.2, 0.25) is 17.6 Å². The summed E-state index contributed by atoms with van der Waals surface area (Å²) in [5.74, 6) is 3.02. The molecule has 0 aliphatic heterocycles. The zero-order valence-corrected chi connectivity index (χ0v) is 22.7. The van der Waals surface area contributed by atoms with Gasteiger partial charge in [0.25, 0.3) is 0 Å². The van der Waals surface area contributed by atoms with Gasteiger partial charge in [0.05, 0.1) is 17.9 Å². The average molecular weight is 533 g/mol. The van der Waals surface area contributed by atoms with E-state index < -0.39 is 5.76 Å².